The molecule has 162 valence electrons. The molecular weight excluding hydrogens is 401 g/mol. The molecule has 0 aliphatic carbocycles. The molecule has 3 aromatic rings. The third-order valence-corrected chi connectivity index (χ3v) is 5.49. The Balaban J connectivity index is 1.59. The molecule has 1 unspecified atom stereocenters. The largest absolute Gasteiger partial charge is 0.481 e. The van der Waals surface area contributed by atoms with E-state index in [4.69, 9.17) is 0 Å². The van der Waals surface area contributed by atoms with Crippen LogP contribution in [0.1, 0.15) is 36.0 Å². The van der Waals surface area contributed by atoms with Crippen molar-refractivity contribution in [1.82, 2.24) is 0 Å². The summed E-state index contributed by atoms with van der Waals surface area (Å²) in [6.45, 7) is 0. The Hall–Kier alpha value is -3.08. The van der Waals surface area contributed by atoms with Crippen LogP contribution in [0.3, 0.4) is 0 Å². The first-order valence-electron chi connectivity index (χ1n) is 10.4. The zero-order chi connectivity index (χ0) is 22.3. The summed E-state index contributed by atoms with van der Waals surface area (Å²) in [7, 11) is 0. The van der Waals surface area contributed by atoms with Crippen molar-refractivity contribution in [1.29, 1.82) is 0 Å². The van der Waals surface area contributed by atoms with Crippen molar-refractivity contribution < 1.29 is 23.1 Å². The van der Waals surface area contributed by atoms with E-state index in [0.717, 1.165) is 24.5 Å². The van der Waals surface area contributed by atoms with Gasteiger partial charge >= 0.3 is 12.1 Å². The molecule has 0 aromatic heterocycles. The second kappa shape index (κ2) is 10.3. The Morgan fingerprint density at radius 1 is 0.774 bits per heavy atom. The van der Waals surface area contributed by atoms with Crippen molar-refractivity contribution >= 4 is 5.97 Å². The highest BCUT2D eigenvalue weighted by Crippen LogP contribution is 2.37. The third-order valence-electron chi connectivity index (χ3n) is 5.49. The maximum Gasteiger partial charge on any atom is 0.417 e. The van der Waals surface area contributed by atoms with E-state index in [-0.39, 0.29) is 5.56 Å². The van der Waals surface area contributed by atoms with Crippen molar-refractivity contribution in [2.24, 2.45) is 5.92 Å². The summed E-state index contributed by atoms with van der Waals surface area (Å²) in [6, 6.07) is 22.4. The highest BCUT2D eigenvalue weighted by molar-refractivity contribution is 5.70. The predicted molar refractivity (Wildman–Crippen MR) is 116 cm³/mol. The van der Waals surface area contributed by atoms with Gasteiger partial charge in [0.25, 0.3) is 0 Å². The van der Waals surface area contributed by atoms with Crippen LogP contribution in [0.15, 0.2) is 78.9 Å². The van der Waals surface area contributed by atoms with Crippen LogP contribution in [0.4, 0.5) is 13.2 Å². The van der Waals surface area contributed by atoms with Gasteiger partial charge in [-0.1, -0.05) is 72.8 Å². The van der Waals surface area contributed by atoms with Gasteiger partial charge in [0, 0.05) is 0 Å². The molecule has 1 N–H and O–H groups in total. The molecule has 0 bridgehead atoms. The van der Waals surface area contributed by atoms with E-state index in [1.807, 2.05) is 30.3 Å². The van der Waals surface area contributed by atoms with Gasteiger partial charge in [-0.3, -0.25) is 4.79 Å². The van der Waals surface area contributed by atoms with Crippen LogP contribution < -0.4 is 0 Å². The molecule has 31 heavy (non-hydrogen) atoms. The van der Waals surface area contributed by atoms with Gasteiger partial charge in [-0.25, -0.2) is 0 Å². The summed E-state index contributed by atoms with van der Waals surface area (Å²) in [5, 5.41) is 9.54. The summed E-state index contributed by atoms with van der Waals surface area (Å²) < 4.78 is 39.8. The first kappa shape index (κ1) is 22.6. The zero-order valence-corrected chi connectivity index (χ0v) is 17.1. The fourth-order valence-electron chi connectivity index (χ4n) is 3.76. The third kappa shape index (κ3) is 6.45. The lowest BCUT2D eigenvalue weighted by Crippen LogP contribution is -2.15. The molecule has 2 nitrogen and oxygen atoms in total. The summed E-state index contributed by atoms with van der Waals surface area (Å²) in [5.41, 5.74) is 2.09. The smallest absolute Gasteiger partial charge is 0.417 e. The maximum atomic E-state index is 13.3. The van der Waals surface area contributed by atoms with Gasteiger partial charge < -0.3 is 5.11 Å². The van der Waals surface area contributed by atoms with Gasteiger partial charge in [-0.15, -0.1) is 0 Å². The highest BCUT2D eigenvalue weighted by Gasteiger charge is 2.33. The number of carboxylic acids is 1. The fourth-order valence-corrected chi connectivity index (χ4v) is 3.76. The number of aliphatic carboxylic acids is 1. The Morgan fingerprint density at radius 2 is 1.39 bits per heavy atom. The molecule has 0 aliphatic rings. The van der Waals surface area contributed by atoms with Crippen molar-refractivity contribution in [3.8, 4) is 11.1 Å². The minimum atomic E-state index is -4.41. The minimum absolute atomic E-state index is 0.144. The average Bonchev–Trinajstić information content (AvgIpc) is 2.76. The lowest BCUT2D eigenvalue weighted by atomic mass is 9.92. The molecule has 5 heteroatoms. The Morgan fingerprint density at radius 3 is 2.03 bits per heavy atom. The minimum Gasteiger partial charge on any atom is -0.481 e. The fraction of sp³-hybridized carbons (Fsp3) is 0.269. The van der Waals surface area contributed by atoms with E-state index in [0.29, 0.717) is 24.8 Å². The lowest BCUT2D eigenvalue weighted by Gasteiger charge is -2.14. The molecule has 3 aromatic carbocycles. The molecule has 0 aliphatic heterocycles. The maximum absolute atomic E-state index is 13.3. The number of rotatable bonds is 9. The van der Waals surface area contributed by atoms with Crippen molar-refractivity contribution in [3.05, 3.63) is 95.6 Å². The summed E-state index contributed by atoms with van der Waals surface area (Å²) in [5.74, 6) is -1.24. The summed E-state index contributed by atoms with van der Waals surface area (Å²) in [6.07, 6.45) is -1.09. The van der Waals surface area contributed by atoms with E-state index in [9.17, 15) is 23.1 Å². The molecule has 0 saturated carbocycles. The predicted octanol–water partition coefficient (Wildman–Crippen LogP) is 7.03. The van der Waals surface area contributed by atoms with E-state index < -0.39 is 23.6 Å². The second-order valence-electron chi connectivity index (χ2n) is 7.69. The van der Waals surface area contributed by atoms with Crippen LogP contribution in [0.25, 0.3) is 11.1 Å². The van der Waals surface area contributed by atoms with Crippen LogP contribution in [0, 0.1) is 5.92 Å². The van der Waals surface area contributed by atoms with E-state index in [1.54, 1.807) is 30.3 Å². The lowest BCUT2D eigenvalue weighted by molar-refractivity contribution is -0.142. The topological polar surface area (TPSA) is 37.3 Å². The number of halogens is 3. The summed E-state index contributed by atoms with van der Waals surface area (Å²) >= 11 is 0. The van der Waals surface area contributed by atoms with Gasteiger partial charge in [0.1, 0.15) is 0 Å². The van der Waals surface area contributed by atoms with Crippen LogP contribution in [0.2, 0.25) is 0 Å². The zero-order valence-electron chi connectivity index (χ0n) is 17.1. The molecular formula is C26H25F3O2. The first-order chi connectivity index (χ1) is 14.8. The van der Waals surface area contributed by atoms with Gasteiger partial charge in [0.2, 0.25) is 0 Å². The van der Waals surface area contributed by atoms with Crippen LogP contribution in [-0.4, -0.2) is 11.1 Å². The van der Waals surface area contributed by atoms with Gasteiger partial charge in [0.15, 0.2) is 0 Å². The molecule has 0 heterocycles. The van der Waals surface area contributed by atoms with E-state index in [2.05, 4.69) is 0 Å². The number of carbonyl (C=O) groups is 1. The number of hydrogen-bond acceptors (Lipinski definition) is 1. The number of carboxylic acid groups (broad SMARTS) is 1. The normalized spacial score (nSPS) is 12.5. The molecule has 3 rings (SSSR count). The molecule has 0 amide bonds. The van der Waals surface area contributed by atoms with E-state index in [1.165, 1.54) is 17.7 Å². The second-order valence-corrected chi connectivity index (χ2v) is 7.69. The van der Waals surface area contributed by atoms with E-state index >= 15 is 0 Å². The molecule has 0 spiro atoms. The molecule has 0 fully saturated rings. The average molecular weight is 426 g/mol. The first-order valence-corrected chi connectivity index (χ1v) is 10.4. The van der Waals surface area contributed by atoms with Gasteiger partial charge in [0.05, 0.1) is 11.5 Å². The number of benzene rings is 3. The number of alkyl halides is 3. The molecule has 0 saturated heterocycles. The van der Waals surface area contributed by atoms with Gasteiger partial charge in [-0.05, 0) is 60.4 Å². The van der Waals surface area contributed by atoms with Crippen molar-refractivity contribution in [2.45, 2.75) is 38.3 Å². The number of aryl methyl sites for hydroxylation is 2. The Bertz CT molecular complexity index is 980. The highest BCUT2D eigenvalue weighted by atomic mass is 19.4. The summed E-state index contributed by atoms with van der Waals surface area (Å²) in [4.78, 5) is 11.6. The Labute approximate surface area is 180 Å². The van der Waals surface area contributed by atoms with Crippen molar-refractivity contribution in [3.63, 3.8) is 0 Å². The number of hydrogen-bond donors (Lipinski definition) is 1. The van der Waals surface area contributed by atoms with Gasteiger partial charge in [-0.2, -0.15) is 13.2 Å². The molecule has 1 atom stereocenters. The standard InChI is InChI=1S/C26H25F3O2/c27-26(28,29)24-12-5-4-11-23(24)21-16-13-20(14-17-21)15-18-22(25(30)31)10-6-9-19-7-2-1-3-8-19/h1-5,7-8,11-14,16-17,22H,6,9-10,15,18H2,(H,30,31). The van der Waals surface area contributed by atoms with Crippen LogP contribution in [-0.2, 0) is 23.8 Å². The van der Waals surface area contributed by atoms with Crippen LogP contribution >= 0.6 is 0 Å². The SMILES string of the molecule is O=C(O)C(CCCc1ccccc1)CCc1ccc(-c2ccccc2C(F)(F)F)cc1. The van der Waals surface area contributed by atoms with Crippen molar-refractivity contribution in [2.75, 3.05) is 0 Å². The Kier molecular flexibility index (Phi) is 7.50. The van der Waals surface area contributed by atoms with Crippen LogP contribution in [0.5, 0.6) is 0 Å². The monoisotopic (exact) mass is 426 g/mol. The molecule has 0 radical (unpaired) electrons. The quantitative estimate of drug-likeness (QED) is 0.399.